The smallest absolute Gasteiger partial charge is 0.228 e. The van der Waals surface area contributed by atoms with Crippen molar-refractivity contribution in [1.29, 1.82) is 0 Å². The van der Waals surface area contributed by atoms with E-state index in [0.29, 0.717) is 0 Å². The molecular formula is C19H14F2O5S. The van der Waals surface area contributed by atoms with E-state index in [0.717, 1.165) is 30.5 Å². The van der Waals surface area contributed by atoms with Crippen LogP contribution < -0.4 is 10.2 Å². The fourth-order valence-electron chi connectivity index (χ4n) is 2.52. The molecule has 0 saturated carbocycles. The maximum atomic E-state index is 13.9. The predicted molar refractivity (Wildman–Crippen MR) is 94.7 cm³/mol. The molecule has 8 heteroatoms. The number of hydrogen-bond donors (Lipinski definition) is 0. The first-order chi connectivity index (χ1) is 12.7. The van der Waals surface area contributed by atoms with Crippen molar-refractivity contribution in [1.82, 2.24) is 0 Å². The number of rotatable bonds is 4. The molecule has 0 unspecified atom stereocenters. The van der Waals surface area contributed by atoms with Crippen molar-refractivity contribution in [2.45, 2.75) is 11.8 Å². The van der Waals surface area contributed by atoms with Gasteiger partial charge in [0.25, 0.3) is 0 Å². The summed E-state index contributed by atoms with van der Waals surface area (Å²) in [5.74, 6) is -2.61. The van der Waals surface area contributed by atoms with Gasteiger partial charge in [-0.2, -0.15) is 0 Å². The van der Waals surface area contributed by atoms with Crippen molar-refractivity contribution in [2.75, 3.05) is 6.26 Å². The largest absolute Gasteiger partial charge is 0.457 e. The molecule has 27 heavy (non-hydrogen) atoms. The number of ether oxygens (including phenoxy) is 1. The topological polar surface area (TPSA) is 73.6 Å². The van der Waals surface area contributed by atoms with Crippen LogP contribution in [0.5, 0.6) is 11.5 Å². The van der Waals surface area contributed by atoms with Gasteiger partial charge in [0.2, 0.25) is 11.2 Å². The highest BCUT2D eigenvalue weighted by Crippen LogP contribution is 2.36. The Morgan fingerprint density at radius 1 is 1.04 bits per heavy atom. The van der Waals surface area contributed by atoms with Gasteiger partial charge in [0.05, 0.1) is 4.90 Å². The average Bonchev–Trinajstić information content (AvgIpc) is 2.59. The van der Waals surface area contributed by atoms with E-state index >= 15 is 0 Å². The number of benzene rings is 2. The molecule has 0 aliphatic heterocycles. The molecule has 3 rings (SSSR count). The van der Waals surface area contributed by atoms with E-state index in [9.17, 15) is 22.0 Å². The summed E-state index contributed by atoms with van der Waals surface area (Å²) in [4.78, 5) is 12.4. The molecule has 0 spiro atoms. The summed E-state index contributed by atoms with van der Waals surface area (Å²) in [6.07, 6.45) is 1.01. The lowest BCUT2D eigenvalue weighted by Gasteiger charge is -2.13. The highest BCUT2D eigenvalue weighted by atomic mass is 32.2. The van der Waals surface area contributed by atoms with Crippen LogP contribution in [0.25, 0.3) is 11.3 Å². The number of aryl methyl sites for hydroxylation is 1. The Labute approximate surface area is 153 Å². The monoisotopic (exact) mass is 392 g/mol. The number of halogens is 2. The Kier molecular flexibility index (Phi) is 4.84. The molecule has 0 radical (unpaired) electrons. The van der Waals surface area contributed by atoms with Gasteiger partial charge in [0.15, 0.2) is 27.2 Å². The summed E-state index contributed by atoms with van der Waals surface area (Å²) < 4.78 is 62.4. The molecule has 0 bridgehead atoms. The molecule has 140 valence electrons. The normalized spacial score (nSPS) is 11.4. The Hall–Kier alpha value is -3.00. The van der Waals surface area contributed by atoms with Gasteiger partial charge < -0.3 is 9.15 Å². The van der Waals surface area contributed by atoms with E-state index in [1.807, 2.05) is 0 Å². The fourth-order valence-corrected chi connectivity index (χ4v) is 3.40. The first kappa shape index (κ1) is 18.8. The predicted octanol–water partition coefficient (Wildman–Crippen LogP) is 4.09. The molecule has 2 aromatic carbocycles. The van der Waals surface area contributed by atoms with Gasteiger partial charge in [-0.15, -0.1) is 0 Å². The summed E-state index contributed by atoms with van der Waals surface area (Å²) in [6, 6.07) is 9.49. The number of hydrogen-bond acceptors (Lipinski definition) is 5. The van der Waals surface area contributed by atoms with E-state index < -0.39 is 38.4 Å². The summed E-state index contributed by atoms with van der Waals surface area (Å²) in [5.41, 5.74) is -0.590. The van der Waals surface area contributed by atoms with Crippen molar-refractivity contribution in [3.05, 3.63) is 76.1 Å². The SMILES string of the molecule is Cc1cc(=O)c(Oc2cc(F)ccc2F)c(-c2ccccc2S(C)(=O)=O)o1. The molecule has 0 atom stereocenters. The zero-order valence-electron chi connectivity index (χ0n) is 14.3. The molecule has 3 aromatic rings. The second kappa shape index (κ2) is 6.96. The Morgan fingerprint density at radius 3 is 2.44 bits per heavy atom. The molecule has 0 amide bonds. The van der Waals surface area contributed by atoms with Crippen LogP contribution >= 0.6 is 0 Å². The molecule has 5 nitrogen and oxygen atoms in total. The fraction of sp³-hybridized carbons (Fsp3) is 0.105. The molecule has 0 aliphatic carbocycles. The van der Waals surface area contributed by atoms with Gasteiger partial charge in [0.1, 0.15) is 11.6 Å². The molecule has 0 fully saturated rings. The lowest BCUT2D eigenvalue weighted by Crippen LogP contribution is -2.08. The van der Waals surface area contributed by atoms with E-state index in [4.69, 9.17) is 9.15 Å². The van der Waals surface area contributed by atoms with Crippen LogP contribution in [0.4, 0.5) is 8.78 Å². The lowest BCUT2D eigenvalue weighted by atomic mass is 10.1. The van der Waals surface area contributed by atoms with Crippen LogP contribution in [-0.2, 0) is 9.84 Å². The zero-order chi connectivity index (χ0) is 19.8. The molecule has 0 N–H and O–H groups in total. The second-order valence-electron chi connectivity index (χ2n) is 5.82. The van der Waals surface area contributed by atoms with Gasteiger partial charge in [0, 0.05) is 24.0 Å². The van der Waals surface area contributed by atoms with Crippen molar-refractivity contribution in [3.63, 3.8) is 0 Å². The molecule has 1 aromatic heterocycles. The van der Waals surface area contributed by atoms with Crippen molar-refractivity contribution >= 4 is 9.84 Å². The molecular weight excluding hydrogens is 378 g/mol. The van der Waals surface area contributed by atoms with Crippen LogP contribution in [0, 0.1) is 18.6 Å². The van der Waals surface area contributed by atoms with Crippen LogP contribution in [-0.4, -0.2) is 14.7 Å². The van der Waals surface area contributed by atoms with Crippen molar-refractivity contribution < 1.29 is 26.4 Å². The highest BCUT2D eigenvalue weighted by Gasteiger charge is 2.23. The first-order valence-electron chi connectivity index (χ1n) is 7.74. The summed E-state index contributed by atoms with van der Waals surface area (Å²) in [6.45, 7) is 1.50. The minimum Gasteiger partial charge on any atom is -0.457 e. The van der Waals surface area contributed by atoms with Gasteiger partial charge >= 0.3 is 0 Å². The van der Waals surface area contributed by atoms with E-state index in [1.54, 1.807) is 6.07 Å². The van der Waals surface area contributed by atoms with E-state index in [1.165, 1.54) is 25.1 Å². The van der Waals surface area contributed by atoms with Gasteiger partial charge in [-0.05, 0) is 31.2 Å². The van der Waals surface area contributed by atoms with Crippen LogP contribution in [0.3, 0.4) is 0 Å². The second-order valence-corrected chi connectivity index (χ2v) is 7.81. The highest BCUT2D eigenvalue weighted by molar-refractivity contribution is 7.90. The Balaban J connectivity index is 2.27. The quantitative estimate of drug-likeness (QED) is 0.669. The summed E-state index contributed by atoms with van der Waals surface area (Å²) in [7, 11) is -3.66. The van der Waals surface area contributed by atoms with Crippen molar-refractivity contribution in [2.24, 2.45) is 0 Å². The minimum absolute atomic E-state index is 0.0765. The van der Waals surface area contributed by atoms with Crippen LogP contribution in [0.1, 0.15) is 5.76 Å². The Morgan fingerprint density at radius 2 is 1.74 bits per heavy atom. The minimum atomic E-state index is -3.66. The maximum Gasteiger partial charge on any atom is 0.228 e. The Bertz CT molecular complexity index is 1180. The number of sulfone groups is 1. The third kappa shape index (κ3) is 3.90. The lowest BCUT2D eigenvalue weighted by molar-refractivity contribution is 0.410. The van der Waals surface area contributed by atoms with Gasteiger partial charge in [-0.25, -0.2) is 17.2 Å². The van der Waals surface area contributed by atoms with Crippen molar-refractivity contribution in [3.8, 4) is 22.8 Å². The van der Waals surface area contributed by atoms with E-state index in [-0.39, 0.29) is 22.0 Å². The first-order valence-corrected chi connectivity index (χ1v) is 9.63. The van der Waals surface area contributed by atoms with Gasteiger partial charge in [-0.1, -0.05) is 12.1 Å². The third-order valence-corrected chi connectivity index (χ3v) is 4.82. The van der Waals surface area contributed by atoms with Crippen LogP contribution in [0.15, 0.2) is 62.6 Å². The molecule has 1 heterocycles. The average molecular weight is 392 g/mol. The standard InChI is InChI=1S/C19H14F2O5S/c1-11-9-15(22)19(26-16-10-12(20)7-8-14(16)21)18(25-11)13-5-3-4-6-17(13)27(2,23)24/h3-10H,1-2H3. The van der Waals surface area contributed by atoms with E-state index in [2.05, 4.69) is 0 Å². The zero-order valence-corrected chi connectivity index (χ0v) is 15.1. The maximum absolute atomic E-state index is 13.9. The molecule has 0 aliphatic rings. The van der Waals surface area contributed by atoms with Gasteiger partial charge in [-0.3, -0.25) is 4.79 Å². The summed E-state index contributed by atoms with van der Waals surface area (Å²) in [5, 5.41) is 0. The van der Waals surface area contributed by atoms with Crippen LogP contribution in [0.2, 0.25) is 0 Å². The molecule has 0 saturated heterocycles. The third-order valence-electron chi connectivity index (χ3n) is 3.66. The summed E-state index contributed by atoms with van der Waals surface area (Å²) >= 11 is 0.